The topological polar surface area (TPSA) is 46.5 Å². The zero-order valence-corrected chi connectivity index (χ0v) is 13.8. The van der Waals surface area contributed by atoms with Crippen molar-refractivity contribution in [2.45, 2.75) is 76.6 Å². The van der Waals surface area contributed by atoms with E-state index >= 15 is 0 Å². The Balaban J connectivity index is 3.03. The van der Waals surface area contributed by atoms with Crippen molar-refractivity contribution < 1.29 is 14.3 Å². The van der Waals surface area contributed by atoms with Gasteiger partial charge in [0.2, 0.25) is 8.32 Å². The smallest absolute Gasteiger partial charge is 0.331 e. The number of hydrogen-bond donors (Lipinski definition) is 1. The minimum Gasteiger partial charge on any atom is -0.478 e. The van der Waals surface area contributed by atoms with Crippen LogP contribution in [0.2, 0.25) is 17.6 Å². The zero-order chi connectivity index (χ0) is 14.7. The first kappa shape index (κ1) is 16.4. The lowest BCUT2D eigenvalue weighted by molar-refractivity contribution is -0.132. The summed E-state index contributed by atoms with van der Waals surface area (Å²) in [5.74, 6) is -0.874. The first-order valence-electron chi connectivity index (χ1n) is 7.48. The normalized spacial score (nSPS) is 27.8. The third-order valence-electron chi connectivity index (χ3n) is 5.13. The molecule has 1 saturated heterocycles. The minimum absolute atomic E-state index is 0.00669. The van der Waals surface area contributed by atoms with Gasteiger partial charge in [0.1, 0.15) is 0 Å². The van der Waals surface area contributed by atoms with Gasteiger partial charge >= 0.3 is 5.97 Å². The number of rotatable bonds is 6. The maximum Gasteiger partial charge on any atom is 0.331 e. The van der Waals surface area contributed by atoms with Crippen LogP contribution in [-0.2, 0) is 9.22 Å². The van der Waals surface area contributed by atoms with Gasteiger partial charge in [-0.15, -0.1) is 0 Å². The van der Waals surface area contributed by atoms with E-state index in [4.69, 9.17) is 4.43 Å². The van der Waals surface area contributed by atoms with E-state index in [-0.39, 0.29) is 11.1 Å². The van der Waals surface area contributed by atoms with Crippen LogP contribution in [0.5, 0.6) is 0 Å². The Bertz CT molecular complexity index is 349. The van der Waals surface area contributed by atoms with Crippen molar-refractivity contribution in [1.82, 2.24) is 0 Å². The van der Waals surface area contributed by atoms with Crippen molar-refractivity contribution in [1.29, 1.82) is 0 Å². The second kappa shape index (κ2) is 6.22. The van der Waals surface area contributed by atoms with Crippen LogP contribution in [0, 0.1) is 0 Å². The number of hydrogen-bond acceptors (Lipinski definition) is 2. The molecule has 0 aromatic rings. The Morgan fingerprint density at radius 2 is 2.00 bits per heavy atom. The highest BCUT2D eigenvalue weighted by atomic mass is 28.4. The molecular formula is C15H28O3Si. The van der Waals surface area contributed by atoms with Crippen LogP contribution in [-0.4, -0.2) is 25.0 Å². The predicted molar refractivity (Wildman–Crippen MR) is 80.9 cm³/mol. The molecule has 4 heteroatoms. The number of aliphatic carboxylic acids is 1. The lowest BCUT2D eigenvalue weighted by atomic mass is 9.92. The molecule has 110 valence electrons. The molecule has 0 saturated carbocycles. The molecule has 1 heterocycles. The maximum atomic E-state index is 11.2. The van der Waals surface area contributed by atoms with E-state index in [1.54, 1.807) is 0 Å². The summed E-state index contributed by atoms with van der Waals surface area (Å²) in [6.45, 7) is 12.3. The molecule has 1 rings (SSSR count). The summed E-state index contributed by atoms with van der Waals surface area (Å²) in [4.78, 5) is 11.2. The summed E-state index contributed by atoms with van der Waals surface area (Å²) < 4.78 is 6.66. The molecular weight excluding hydrogens is 256 g/mol. The molecule has 0 aromatic heterocycles. The van der Waals surface area contributed by atoms with Crippen LogP contribution in [0.25, 0.3) is 0 Å². The van der Waals surface area contributed by atoms with Crippen LogP contribution in [0.3, 0.4) is 0 Å². The van der Waals surface area contributed by atoms with Crippen LogP contribution >= 0.6 is 0 Å². The van der Waals surface area contributed by atoms with Crippen molar-refractivity contribution in [2.24, 2.45) is 0 Å². The molecule has 2 atom stereocenters. The van der Waals surface area contributed by atoms with Gasteiger partial charge in [-0.25, -0.2) is 4.79 Å². The predicted octanol–water partition coefficient (Wildman–Crippen LogP) is 4.35. The Kier molecular flexibility index (Phi) is 5.39. The van der Waals surface area contributed by atoms with E-state index in [9.17, 15) is 9.90 Å². The third-order valence-corrected chi connectivity index (χ3v) is 10.3. The number of carboxylic acid groups (broad SMARTS) is 1. The van der Waals surface area contributed by atoms with Crippen LogP contribution in [0.15, 0.2) is 12.2 Å². The summed E-state index contributed by atoms with van der Waals surface area (Å²) in [6.07, 6.45) is 4.31. The first-order valence-corrected chi connectivity index (χ1v) is 9.88. The Hall–Kier alpha value is -0.613. The van der Waals surface area contributed by atoms with Crippen molar-refractivity contribution >= 4 is 14.3 Å². The van der Waals surface area contributed by atoms with Gasteiger partial charge in [0.05, 0.1) is 5.60 Å². The third kappa shape index (κ3) is 3.11. The molecule has 3 nitrogen and oxygen atoms in total. The van der Waals surface area contributed by atoms with Gasteiger partial charge in [0.15, 0.2) is 0 Å². The average Bonchev–Trinajstić information content (AvgIpc) is 2.45. The maximum absolute atomic E-state index is 11.2. The largest absolute Gasteiger partial charge is 0.478 e. The molecule has 0 radical (unpaired) electrons. The van der Waals surface area contributed by atoms with Gasteiger partial charge in [-0.3, -0.25) is 0 Å². The summed E-state index contributed by atoms with van der Waals surface area (Å²) in [7, 11) is -2.04. The highest BCUT2D eigenvalue weighted by molar-refractivity contribution is 6.76. The van der Waals surface area contributed by atoms with Gasteiger partial charge in [-0.1, -0.05) is 40.7 Å². The highest BCUT2D eigenvalue weighted by Crippen LogP contribution is 2.46. The van der Waals surface area contributed by atoms with Gasteiger partial charge < -0.3 is 9.53 Å². The molecule has 0 bridgehead atoms. The molecule has 2 unspecified atom stereocenters. The van der Waals surface area contributed by atoms with Gasteiger partial charge in [-0.05, 0) is 31.4 Å². The lowest BCUT2D eigenvalue weighted by Gasteiger charge is -2.49. The molecule has 0 aromatic carbocycles. The van der Waals surface area contributed by atoms with E-state index in [0.29, 0.717) is 5.57 Å². The van der Waals surface area contributed by atoms with E-state index in [0.717, 1.165) is 31.4 Å². The monoisotopic (exact) mass is 284 g/mol. The van der Waals surface area contributed by atoms with E-state index in [1.165, 1.54) is 6.42 Å². The zero-order valence-electron chi connectivity index (χ0n) is 12.8. The van der Waals surface area contributed by atoms with Gasteiger partial charge in [0, 0.05) is 11.1 Å². The summed E-state index contributed by atoms with van der Waals surface area (Å²) in [5.41, 5.74) is 0.303. The summed E-state index contributed by atoms with van der Waals surface area (Å²) >= 11 is 0. The SMILES string of the molecule is C=C(C(=O)O)C(C)[Si]1(CC)CCCC(CC)(CC)O1. The Morgan fingerprint density at radius 3 is 2.42 bits per heavy atom. The number of carboxylic acids is 1. The second-order valence-corrected chi connectivity index (χ2v) is 10.2. The highest BCUT2D eigenvalue weighted by Gasteiger charge is 2.49. The molecule has 19 heavy (non-hydrogen) atoms. The summed E-state index contributed by atoms with van der Waals surface area (Å²) in [5, 5.41) is 9.20. The van der Waals surface area contributed by atoms with Crippen molar-refractivity contribution in [2.75, 3.05) is 0 Å². The van der Waals surface area contributed by atoms with Crippen LogP contribution in [0.1, 0.15) is 53.4 Å². The lowest BCUT2D eigenvalue weighted by Crippen LogP contribution is -2.54. The average molecular weight is 284 g/mol. The Morgan fingerprint density at radius 1 is 1.42 bits per heavy atom. The van der Waals surface area contributed by atoms with Crippen molar-refractivity contribution in [3.05, 3.63) is 12.2 Å². The van der Waals surface area contributed by atoms with Crippen molar-refractivity contribution in [3.8, 4) is 0 Å². The van der Waals surface area contributed by atoms with Gasteiger partial charge in [0.25, 0.3) is 0 Å². The van der Waals surface area contributed by atoms with E-state index in [1.807, 2.05) is 6.92 Å². The first-order chi connectivity index (χ1) is 8.86. The quantitative estimate of drug-likeness (QED) is 0.582. The molecule has 1 fully saturated rings. The number of carbonyl (C=O) groups is 1. The molecule has 1 aliphatic rings. The van der Waals surface area contributed by atoms with Gasteiger partial charge in [-0.2, -0.15) is 0 Å². The van der Waals surface area contributed by atoms with E-state index in [2.05, 4.69) is 27.4 Å². The van der Waals surface area contributed by atoms with Crippen molar-refractivity contribution in [3.63, 3.8) is 0 Å². The molecule has 1 N–H and O–H groups in total. The fourth-order valence-corrected chi connectivity index (χ4v) is 7.96. The molecule has 1 aliphatic heterocycles. The molecule has 0 aliphatic carbocycles. The Labute approximate surface area is 118 Å². The summed E-state index contributed by atoms with van der Waals surface area (Å²) in [6, 6.07) is 2.04. The fraction of sp³-hybridized carbons (Fsp3) is 0.800. The molecule has 0 spiro atoms. The molecule has 0 amide bonds. The standard InChI is InChI=1S/C15H28O3Si/c1-6-15(7-2)10-9-11-19(8-3,18-15)13(5)12(4)14(16)17/h13H,4,6-11H2,1-3,5H3,(H,16,17). The second-order valence-electron chi connectivity index (χ2n) is 5.82. The van der Waals surface area contributed by atoms with E-state index < -0.39 is 14.3 Å². The van der Waals surface area contributed by atoms with Crippen LogP contribution < -0.4 is 0 Å². The van der Waals surface area contributed by atoms with Crippen LogP contribution in [0.4, 0.5) is 0 Å². The minimum atomic E-state index is -2.04. The fourth-order valence-electron chi connectivity index (χ4n) is 3.35.